The molecule has 0 N–H and O–H groups in total. The smallest absolute Gasteiger partial charge is 0.232 e. The van der Waals surface area contributed by atoms with E-state index >= 15 is 0 Å². The molecule has 26 heavy (non-hydrogen) atoms. The van der Waals surface area contributed by atoms with Gasteiger partial charge in [-0.05, 0) is 25.0 Å². The Morgan fingerprint density at radius 1 is 1.15 bits per heavy atom. The molecule has 3 aliphatic rings. The van der Waals surface area contributed by atoms with Crippen LogP contribution in [0.25, 0.3) is 0 Å². The van der Waals surface area contributed by atoms with Gasteiger partial charge in [0.05, 0.1) is 19.1 Å². The minimum absolute atomic E-state index is 0.102. The zero-order valence-corrected chi connectivity index (χ0v) is 15.4. The molecule has 0 radical (unpaired) electrons. The molecule has 2 saturated heterocycles. The number of benzene rings is 1. The van der Waals surface area contributed by atoms with Gasteiger partial charge in [0.2, 0.25) is 11.8 Å². The molecule has 2 amide bonds. The van der Waals surface area contributed by atoms with E-state index in [1.165, 1.54) is 5.56 Å². The minimum atomic E-state index is -0.221. The highest BCUT2D eigenvalue weighted by molar-refractivity contribution is 6.01. The number of ether oxygens (including phenoxy) is 1. The van der Waals surface area contributed by atoms with Crippen molar-refractivity contribution in [3.63, 3.8) is 0 Å². The first kappa shape index (κ1) is 17.5. The third-order valence-corrected chi connectivity index (χ3v) is 5.80. The molecule has 140 valence electrons. The first-order valence-corrected chi connectivity index (χ1v) is 9.62. The number of hydrogen-bond donors (Lipinski definition) is 0. The topological polar surface area (TPSA) is 53.1 Å². The van der Waals surface area contributed by atoms with E-state index < -0.39 is 0 Å². The normalized spacial score (nSPS) is 26.4. The van der Waals surface area contributed by atoms with Gasteiger partial charge in [-0.2, -0.15) is 0 Å². The molecule has 6 nitrogen and oxygen atoms in total. The number of likely N-dealkylation sites (tertiary alicyclic amines) is 1. The van der Waals surface area contributed by atoms with Crippen molar-refractivity contribution in [1.82, 2.24) is 9.80 Å². The molecule has 0 spiro atoms. The fraction of sp³-hybridized carbons (Fsp3) is 0.600. The first-order valence-electron chi connectivity index (χ1n) is 9.62. The molecular weight excluding hydrogens is 330 g/mol. The first-order chi connectivity index (χ1) is 12.6. The molecule has 1 aromatic rings. The van der Waals surface area contributed by atoms with Crippen molar-refractivity contribution in [2.24, 2.45) is 5.92 Å². The summed E-state index contributed by atoms with van der Waals surface area (Å²) >= 11 is 0. The molecule has 2 fully saturated rings. The summed E-state index contributed by atoms with van der Waals surface area (Å²) in [5.41, 5.74) is 2.24. The average molecular weight is 357 g/mol. The Balaban J connectivity index is 1.38. The number of fused-ring (bicyclic) bond motifs is 1. The van der Waals surface area contributed by atoms with Gasteiger partial charge in [0, 0.05) is 50.9 Å². The van der Waals surface area contributed by atoms with E-state index in [0.717, 1.165) is 45.0 Å². The average Bonchev–Trinajstić information content (AvgIpc) is 3.19. The number of hydrogen-bond acceptors (Lipinski definition) is 4. The van der Waals surface area contributed by atoms with E-state index in [-0.39, 0.29) is 23.8 Å². The van der Waals surface area contributed by atoms with Crippen LogP contribution in [0.4, 0.5) is 5.69 Å². The van der Waals surface area contributed by atoms with Crippen LogP contribution in [0.5, 0.6) is 0 Å². The number of nitrogens with zero attached hydrogens (tertiary/aromatic N) is 3. The molecule has 0 saturated carbocycles. The third kappa shape index (κ3) is 3.35. The zero-order chi connectivity index (χ0) is 18.1. The lowest BCUT2D eigenvalue weighted by Gasteiger charge is -2.29. The lowest BCUT2D eigenvalue weighted by molar-refractivity contribution is -0.128. The van der Waals surface area contributed by atoms with Crippen LogP contribution in [-0.4, -0.2) is 73.6 Å². The standard InChI is InChI=1S/C20H27N3O3/c1-15-12-16-4-2-3-5-18(16)23(15)20(25)17-13-19(24)22(14-17)7-6-21-8-10-26-11-9-21/h2-5,15,17H,6-14H2,1H3. The summed E-state index contributed by atoms with van der Waals surface area (Å²) in [4.78, 5) is 31.7. The maximum Gasteiger partial charge on any atom is 0.232 e. The second-order valence-electron chi connectivity index (χ2n) is 7.58. The predicted octanol–water partition coefficient (Wildman–Crippen LogP) is 1.14. The van der Waals surface area contributed by atoms with Gasteiger partial charge in [0.25, 0.3) is 0 Å². The summed E-state index contributed by atoms with van der Waals surface area (Å²) in [6.45, 7) is 7.58. The van der Waals surface area contributed by atoms with Crippen LogP contribution in [0.3, 0.4) is 0 Å². The quantitative estimate of drug-likeness (QED) is 0.811. The second-order valence-corrected chi connectivity index (χ2v) is 7.58. The molecule has 1 aromatic carbocycles. The number of rotatable bonds is 4. The lowest BCUT2D eigenvalue weighted by atomic mass is 10.1. The van der Waals surface area contributed by atoms with Crippen molar-refractivity contribution in [3.8, 4) is 0 Å². The highest BCUT2D eigenvalue weighted by Crippen LogP contribution is 2.34. The van der Waals surface area contributed by atoms with E-state index in [1.54, 1.807) is 0 Å². The van der Waals surface area contributed by atoms with Gasteiger partial charge in [-0.3, -0.25) is 14.5 Å². The lowest BCUT2D eigenvalue weighted by Crippen LogP contribution is -2.43. The fourth-order valence-electron chi connectivity index (χ4n) is 4.34. The van der Waals surface area contributed by atoms with Crippen LogP contribution >= 0.6 is 0 Å². The molecule has 4 rings (SSSR count). The van der Waals surface area contributed by atoms with Crippen molar-refractivity contribution in [2.75, 3.05) is 50.8 Å². The number of carbonyl (C=O) groups is 2. The van der Waals surface area contributed by atoms with Crippen molar-refractivity contribution in [1.29, 1.82) is 0 Å². The maximum atomic E-state index is 13.1. The van der Waals surface area contributed by atoms with Crippen LogP contribution in [0.2, 0.25) is 0 Å². The van der Waals surface area contributed by atoms with Crippen molar-refractivity contribution in [3.05, 3.63) is 29.8 Å². The van der Waals surface area contributed by atoms with Gasteiger partial charge < -0.3 is 14.5 Å². The number of anilines is 1. The monoisotopic (exact) mass is 357 g/mol. The Labute approximate surface area is 154 Å². The Hall–Kier alpha value is -1.92. The summed E-state index contributed by atoms with van der Waals surface area (Å²) in [6.07, 6.45) is 1.23. The van der Waals surface area contributed by atoms with Gasteiger partial charge in [-0.25, -0.2) is 0 Å². The summed E-state index contributed by atoms with van der Waals surface area (Å²) in [7, 11) is 0. The van der Waals surface area contributed by atoms with Gasteiger partial charge in [0.1, 0.15) is 0 Å². The molecule has 0 aliphatic carbocycles. The highest BCUT2D eigenvalue weighted by Gasteiger charge is 2.40. The molecule has 6 heteroatoms. The van der Waals surface area contributed by atoms with Crippen molar-refractivity contribution in [2.45, 2.75) is 25.8 Å². The van der Waals surface area contributed by atoms with E-state index in [9.17, 15) is 9.59 Å². The molecule has 0 bridgehead atoms. The predicted molar refractivity (Wildman–Crippen MR) is 99.0 cm³/mol. The zero-order valence-electron chi connectivity index (χ0n) is 15.4. The molecule has 3 aliphatic heterocycles. The Morgan fingerprint density at radius 3 is 2.73 bits per heavy atom. The van der Waals surface area contributed by atoms with Crippen molar-refractivity contribution >= 4 is 17.5 Å². The molecule has 3 heterocycles. The SMILES string of the molecule is CC1Cc2ccccc2N1C(=O)C1CC(=O)N(CCN2CCOCC2)C1. The van der Waals surface area contributed by atoms with Crippen LogP contribution in [0, 0.1) is 5.92 Å². The molecule has 0 aromatic heterocycles. The van der Waals surface area contributed by atoms with Crippen LogP contribution in [0.1, 0.15) is 18.9 Å². The molecular formula is C20H27N3O3. The van der Waals surface area contributed by atoms with Gasteiger partial charge >= 0.3 is 0 Å². The Morgan fingerprint density at radius 2 is 1.92 bits per heavy atom. The highest BCUT2D eigenvalue weighted by atomic mass is 16.5. The van der Waals surface area contributed by atoms with E-state index in [2.05, 4.69) is 17.9 Å². The maximum absolute atomic E-state index is 13.1. The van der Waals surface area contributed by atoms with Crippen LogP contribution < -0.4 is 4.90 Å². The van der Waals surface area contributed by atoms with Gasteiger partial charge in [-0.15, -0.1) is 0 Å². The van der Waals surface area contributed by atoms with Gasteiger partial charge in [0.15, 0.2) is 0 Å². The number of amides is 2. The summed E-state index contributed by atoms with van der Waals surface area (Å²) in [6, 6.07) is 8.27. The minimum Gasteiger partial charge on any atom is -0.379 e. The third-order valence-electron chi connectivity index (χ3n) is 5.80. The summed E-state index contributed by atoms with van der Waals surface area (Å²) in [5, 5.41) is 0. The largest absolute Gasteiger partial charge is 0.379 e. The van der Waals surface area contributed by atoms with Crippen molar-refractivity contribution < 1.29 is 14.3 Å². The summed E-state index contributed by atoms with van der Waals surface area (Å²) in [5.74, 6) is -0.0118. The van der Waals surface area contributed by atoms with E-state index in [1.807, 2.05) is 28.0 Å². The number of para-hydroxylation sites is 1. The Bertz CT molecular complexity index is 687. The van der Waals surface area contributed by atoms with Gasteiger partial charge in [-0.1, -0.05) is 18.2 Å². The number of morpholine rings is 1. The Kier molecular flexibility index (Phi) is 4.96. The van der Waals surface area contributed by atoms with E-state index in [4.69, 9.17) is 4.74 Å². The van der Waals surface area contributed by atoms with E-state index in [0.29, 0.717) is 19.5 Å². The molecule has 2 unspecified atom stereocenters. The van der Waals surface area contributed by atoms with Crippen LogP contribution in [0.15, 0.2) is 24.3 Å². The second kappa shape index (κ2) is 7.37. The summed E-state index contributed by atoms with van der Waals surface area (Å²) < 4.78 is 5.36. The number of carbonyl (C=O) groups excluding carboxylic acids is 2. The molecule has 2 atom stereocenters. The van der Waals surface area contributed by atoms with Crippen LogP contribution in [-0.2, 0) is 20.7 Å². The fourth-order valence-corrected chi connectivity index (χ4v) is 4.34.